The molecule has 23 heavy (non-hydrogen) atoms. The summed E-state index contributed by atoms with van der Waals surface area (Å²) in [5.74, 6) is 0.134. The van der Waals surface area contributed by atoms with E-state index in [4.69, 9.17) is 4.74 Å². The molecule has 0 atom stereocenters. The van der Waals surface area contributed by atoms with Gasteiger partial charge in [-0.2, -0.15) is 0 Å². The summed E-state index contributed by atoms with van der Waals surface area (Å²) >= 11 is 3.38. The van der Waals surface area contributed by atoms with Crippen molar-refractivity contribution in [3.8, 4) is 5.75 Å². The van der Waals surface area contributed by atoms with Gasteiger partial charge in [0, 0.05) is 11.1 Å². The molecule has 0 N–H and O–H groups in total. The lowest BCUT2D eigenvalue weighted by Crippen LogP contribution is -2.24. The van der Waals surface area contributed by atoms with Crippen LogP contribution in [0.1, 0.15) is 15.9 Å². The molecule has 0 saturated heterocycles. The van der Waals surface area contributed by atoms with Crippen LogP contribution >= 0.6 is 15.9 Å². The quantitative estimate of drug-likeness (QED) is 0.733. The molecule has 0 spiro atoms. The molecule has 0 unspecified atom stereocenters. The van der Waals surface area contributed by atoms with Gasteiger partial charge in [0.05, 0.1) is 22.2 Å². The molecular formula is C17H13BrO4S. The summed E-state index contributed by atoms with van der Waals surface area (Å²) in [6.07, 6.45) is 1.61. The van der Waals surface area contributed by atoms with Crippen LogP contribution in [0.25, 0.3) is 6.08 Å². The van der Waals surface area contributed by atoms with Crippen LogP contribution in [-0.2, 0) is 9.84 Å². The fraction of sp³-hybridized carbons (Fsp3) is 0.118. The second-order valence-corrected chi connectivity index (χ2v) is 7.96. The van der Waals surface area contributed by atoms with Gasteiger partial charge in [0.2, 0.25) is 0 Å². The highest BCUT2D eigenvalue weighted by atomic mass is 79.9. The number of carbonyl (C=O) groups excluding carboxylic acids is 1. The van der Waals surface area contributed by atoms with E-state index in [0.29, 0.717) is 5.75 Å². The molecule has 2 aromatic carbocycles. The maximum Gasteiger partial charge on any atom is 0.191 e. The lowest BCUT2D eigenvalue weighted by molar-refractivity contribution is 0.103. The highest BCUT2D eigenvalue weighted by Gasteiger charge is 2.32. The molecule has 3 rings (SSSR count). The van der Waals surface area contributed by atoms with E-state index in [-0.39, 0.29) is 27.6 Å². The van der Waals surface area contributed by atoms with Gasteiger partial charge in [-0.05, 0) is 51.8 Å². The number of fused-ring (bicyclic) bond motifs is 1. The second-order valence-electron chi connectivity index (χ2n) is 5.15. The summed E-state index contributed by atoms with van der Waals surface area (Å²) in [7, 11) is -1.93. The lowest BCUT2D eigenvalue weighted by atomic mass is 10.0. The first-order valence-electron chi connectivity index (χ1n) is 6.83. The molecule has 0 saturated carbocycles. The van der Waals surface area contributed by atoms with Gasteiger partial charge in [0.15, 0.2) is 15.6 Å². The number of benzene rings is 2. The second kappa shape index (κ2) is 5.94. The van der Waals surface area contributed by atoms with Gasteiger partial charge in [-0.25, -0.2) is 8.42 Å². The largest absolute Gasteiger partial charge is 0.496 e. The minimum absolute atomic E-state index is 0.109. The molecule has 6 heteroatoms. The molecule has 0 aliphatic carbocycles. The Morgan fingerprint density at radius 3 is 2.61 bits per heavy atom. The predicted octanol–water partition coefficient (Wildman–Crippen LogP) is 3.51. The Kier molecular flexibility index (Phi) is 4.12. The molecule has 4 nitrogen and oxygen atoms in total. The average Bonchev–Trinajstić information content (AvgIpc) is 2.52. The van der Waals surface area contributed by atoms with Crippen LogP contribution in [0.2, 0.25) is 0 Å². The smallest absolute Gasteiger partial charge is 0.191 e. The number of rotatable bonds is 2. The van der Waals surface area contributed by atoms with Crippen molar-refractivity contribution < 1.29 is 17.9 Å². The summed E-state index contributed by atoms with van der Waals surface area (Å²) in [5, 5.41) is 0. The van der Waals surface area contributed by atoms with Gasteiger partial charge in [-0.3, -0.25) is 4.79 Å². The zero-order valence-electron chi connectivity index (χ0n) is 12.2. The molecule has 0 bridgehead atoms. The van der Waals surface area contributed by atoms with Crippen LogP contribution < -0.4 is 4.74 Å². The summed E-state index contributed by atoms with van der Waals surface area (Å²) < 4.78 is 30.6. The Bertz CT molecular complexity index is 929. The molecule has 1 heterocycles. The Balaban J connectivity index is 2.08. The van der Waals surface area contributed by atoms with Gasteiger partial charge in [0.25, 0.3) is 0 Å². The van der Waals surface area contributed by atoms with E-state index in [0.717, 1.165) is 10.0 Å². The SMILES string of the molecule is COc1ccc(/C=C2/CS(=O)(=O)c3ccccc3C2=O)cc1Br. The molecule has 0 aromatic heterocycles. The van der Waals surface area contributed by atoms with Crippen molar-refractivity contribution in [2.24, 2.45) is 0 Å². The van der Waals surface area contributed by atoms with Crippen LogP contribution in [0.15, 0.2) is 57.4 Å². The summed E-state index contributed by atoms with van der Waals surface area (Å²) in [6.45, 7) is 0. The van der Waals surface area contributed by atoms with Crippen molar-refractivity contribution in [3.05, 3.63) is 63.6 Å². The van der Waals surface area contributed by atoms with Crippen LogP contribution in [0.4, 0.5) is 0 Å². The van der Waals surface area contributed by atoms with Gasteiger partial charge >= 0.3 is 0 Å². The van der Waals surface area contributed by atoms with E-state index in [1.165, 1.54) is 6.07 Å². The van der Waals surface area contributed by atoms with Crippen molar-refractivity contribution in [1.82, 2.24) is 0 Å². The van der Waals surface area contributed by atoms with Crippen molar-refractivity contribution in [3.63, 3.8) is 0 Å². The van der Waals surface area contributed by atoms with Crippen LogP contribution in [0.3, 0.4) is 0 Å². The topological polar surface area (TPSA) is 60.4 Å². The summed E-state index contributed by atoms with van der Waals surface area (Å²) in [4.78, 5) is 12.7. The van der Waals surface area contributed by atoms with Gasteiger partial charge in [-0.1, -0.05) is 18.2 Å². The molecule has 0 amide bonds. The Hall–Kier alpha value is -1.92. The maximum absolute atomic E-state index is 12.5. The summed E-state index contributed by atoms with van der Waals surface area (Å²) in [6, 6.07) is 11.6. The molecule has 1 aliphatic rings. The highest BCUT2D eigenvalue weighted by Crippen LogP contribution is 2.30. The third kappa shape index (κ3) is 2.96. The maximum atomic E-state index is 12.5. The Labute approximate surface area is 142 Å². The lowest BCUT2D eigenvalue weighted by Gasteiger charge is -2.17. The van der Waals surface area contributed by atoms with Crippen LogP contribution in [0.5, 0.6) is 5.75 Å². The number of carbonyl (C=O) groups is 1. The minimum atomic E-state index is -3.49. The number of hydrogen-bond acceptors (Lipinski definition) is 4. The minimum Gasteiger partial charge on any atom is -0.496 e. The van der Waals surface area contributed by atoms with E-state index in [2.05, 4.69) is 15.9 Å². The predicted molar refractivity (Wildman–Crippen MR) is 91.5 cm³/mol. The molecule has 0 radical (unpaired) electrons. The monoisotopic (exact) mass is 392 g/mol. The standard InChI is InChI=1S/C17H13BrO4S/c1-22-15-7-6-11(9-14(15)18)8-12-10-23(20,21)16-5-3-2-4-13(16)17(12)19/h2-9H,10H2,1H3/b12-8-. The fourth-order valence-electron chi connectivity index (χ4n) is 2.53. The number of ether oxygens (including phenoxy) is 1. The fourth-order valence-corrected chi connectivity index (χ4v) is 4.65. The Morgan fingerprint density at radius 1 is 1.17 bits per heavy atom. The normalized spacial score (nSPS) is 17.8. The number of ketones is 1. The summed E-state index contributed by atoms with van der Waals surface area (Å²) in [5.41, 5.74) is 1.23. The van der Waals surface area contributed by atoms with Crippen molar-refractivity contribution in [1.29, 1.82) is 0 Å². The molecule has 118 valence electrons. The first-order chi connectivity index (χ1) is 10.9. The van der Waals surface area contributed by atoms with Crippen molar-refractivity contribution in [2.45, 2.75) is 4.90 Å². The zero-order chi connectivity index (χ0) is 16.6. The van der Waals surface area contributed by atoms with Crippen molar-refractivity contribution in [2.75, 3.05) is 12.9 Å². The zero-order valence-corrected chi connectivity index (χ0v) is 14.6. The third-order valence-electron chi connectivity index (χ3n) is 3.62. The third-order valence-corrected chi connectivity index (χ3v) is 5.96. The van der Waals surface area contributed by atoms with Gasteiger partial charge in [-0.15, -0.1) is 0 Å². The molecular weight excluding hydrogens is 380 g/mol. The van der Waals surface area contributed by atoms with E-state index in [1.807, 2.05) is 0 Å². The van der Waals surface area contributed by atoms with Crippen LogP contribution in [0, 0.1) is 0 Å². The Morgan fingerprint density at radius 2 is 1.91 bits per heavy atom. The van der Waals surface area contributed by atoms with E-state index in [1.54, 1.807) is 49.6 Å². The first-order valence-corrected chi connectivity index (χ1v) is 9.27. The molecule has 0 fully saturated rings. The van der Waals surface area contributed by atoms with Gasteiger partial charge in [0.1, 0.15) is 5.75 Å². The number of sulfone groups is 1. The molecule has 2 aromatic rings. The average molecular weight is 393 g/mol. The van der Waals surface area contributed by atoms with E-state index < -0.39 is 9.84 Å². The van der Waals surface area contributed by atoms with E-state index in [9.17, 15) is 13.2 Å². The number of methoxy groups -OCH3 is 1. The number of Topliss-reactive ketones (excluding diaryl/α,β-unsaturated/α-hetero) is 1. The molecule has 1 aliphatic heterocycles. The van der Waals surface area contributed by atoms with E-state index >= 15 is 0 Å². The number of hydrogen-bond donors (Lipinski definition) is 0. The van der Waals surface area contributed by atoms with Gasteiger partial charge < -0.3 is 4.74 Å². The highest BCUT2D eigenvalue weighted by molar-refractivity contribution is 9.10. The van der Waals surface area contributed by atoms with Crippen LogP contribution in [-0.4, -0.2) is 27.1 Å². The van der Waals surface area contributed by atoms with Crippen molar-refractivity contribution >= 4 is 37.6 Å². The first kappa shape index (κ1) is 16.0. The number of halogens is 1.